The van der Waals surface area contributed by atoms with Crippen molar-refractivity contribution in [3.8, 4) is 0 Å². The van der Waals surface area contributed by atoms with E-state index in [1.807, 2.05) is 6.92 Å². The lowest BCUT2D eigenvalue weighted by atomic mass is 9.85. The highest BCUT2D eigenvalue weighted by molar-refractivity contribution is 14.0. The summed E-state index contributed by atoms with van der Waals surface area (Å²) in [4.78, 5) is 4.59. The van der Waals surface area contributed by atoms with Crippen molar-refractivity contribution in [1.82, 2.24) is 10.6 Å². The van der Waals surface area contributed by atoms with Crippen molar-refractivity contribution in [1.29, 1.82) is 0 Å². The van der Waals surface area contributed by atoms with Crippen LogP contribution in [-0.4, -0.2) is 57.2 Å². The van der Waals surface area contributed by atoms with E-state index in [1.54, 1.807) is 7.11 Å². The van der Waals surface area contributed by atoms with E-state index in [9.17, 15) is 13.2 Å². The van der Waals surface area contributed by atoms with Crippen LogP contribution in [0.1, 0.15) is 45.4 Å². The molecule has 0 bridgehead atoms. The Labute approximate surface area is 170 Å². The van der Waals surface area contributed by atoms with Crippen molar-refractivity contribution in [3.05, 3.63) is 0 Å². The van der Waals surface area contributed by atoms with Crippen LogP contribution >= 0.6 is 24.0 Å². The van der Waals surface area contributed by atoms with E-state index in [0.717, 1.165) is 19.3 Å². The zero-order chi connectivity index (χ0) is 18.3. The summed E-state index contributed by atoms with van der Waals surface area (Å²) >= 11 is 0. The fraction of sp³-hybridized carbons (Fsp3) is 0.941. The number of aliphatic imine (C=N–C) groups is 1. The fourth-order valence-corrected chi connectivity index (χ4v) is 3.52. The van der Waals surface area contributed by atoms with Gasteiger partial charge in [0.1, 0.15) is 0 Å². The van der Waals surface area contributed by atoms with Crippen molar-refractivity contribution in [2.24, 2.45) is 10.9 Å². The molecule has 1 saturated heterocycles. The molecule has 2 N–H and O–H groups in total. The molecule has 0 aromatic rings. The SMILES string of the molecule is CCNC(=NCC1(OC)CCOCC1)NC1CCCC(C(F)(F)F)C1.I. The van der Waals surface area contributed by atoms with Crippen LogP contribution in [0.2, 0.25) is 0 Å². The predicted octanol–water partition coefficient (Wildman–Crippen LogP) is 3.48. The van der Waals surface area contributed by atoms with Crippen molar-refractivity contribution in [2.75, 3.05) is 33.4 Å². The molecule has 1 aliphatic heterocycles. The Morgan fingerprint density at radius 3 is 2.54 bits per heavy atom. The van der Waals surface area contributed by atoms with Gasteiger partial charge in [0.25, 0.3) is 0 Å². The first kappa shape index (κ1) is 23.7. The number of guanidine groups is 1. The van der Waals surface area contributed by atoms with Gasteiger partial charge in [-0.3, -0.25) is 4.99 Å². The van der Waals surface area contributed by atoms with E-state index in [2.05, 4.69) is 15.6 Å². The Balaban J connectivity index is 0.00000338. The first-order chi connectivity index (χ1) is 11.9. The quantitative estimate of drug-likeness (QED) is 0.350. The number of halogens is 4. The summed E-state index contributed by atoms with van der Waals surface area (Å²) in [6, 6.07) is -0.202. The molecule has 2 rings (SSSR count). The molecular formula is C17H31F3IN3O2. The van der Waals surface area contributed by atoms with E-state index >= 15 is 0 Å². The van der Waals surface area contributed by atoms with E-state index in [1.165, 1.54) is 0 Å². The standard InChI is InChI=1S/C17H30F3N3O2.HI/c1-3-21-15(22-12-16(24-2)7-9-25-10-8-16)23-14-6-4-5-13(11-14)17(18,19)20;/h13-14H,3-12H2,1-2H3,(H2,21,22,23);1H. The van der Waals surface area contributed by atoms with Gasteiger partial charge in [-0.25, -0.2) is 0 Å². The van der Waals surface area contributed by atoms with Gasteiger partial charge < -0.3 is 20.1 Å². The maximum atomic E-state index is 13.0. The second-order valence-corrected chi connectivity index (χ2v) is 6.94. The number of nitrogens with zero attached hydrogens (tertiary/aromatic N) is 1. The van der Waals surface area contributed by atoms with Gasteiger partial charge in [0.15, 0.2) is 5.96 Å². The molecule has 1 saturated carbocycles. The number of alkyl halides is 3. The molecule has 2 unspecified atom stereocenters. The topological polar surface area (TPSA) is 54.9 Å². The molecule has 0 amide bonds. The zero-order valence-corrected chi connectivity index (χ0v) is 17.9. The molecular weight excluding hydrogens is 462 g/mol. The minimum atomic E-state index is -4.11. The summed E-state index contributed by atoms with van der Waals surface area (Å²) in [5.41, 5.74) is -0.346. The minimum absolute atomic E-state index is 0. The van der Waals surface area contributed by atoms with Crippen molar-refractivity contribution in [3.63, 3.8) is 0 Å². The highest BCUT2D eigenvalue weighted by Gasteiger charge is 2.42. The Hall–Kier alpha value is -0.290. The predicted molar refractivity (Wildman–Crippen MR) is 106 cm³/mol. The van der Waals surface area contributed by atoms with Gasteiger partial charge in [-0.2, -0.15) is 13.2 Å². The van der Waals surface area contributed by atoms with Gasteiger partial charge in [0.05, 0.1) is 18.1 Å². The van der Waals surface area contributed by atoms with Crippen LogP contribution in [0.4, 0.5) is 13.2 Å². The number of hydrogen-bond donors (Lipinski definition) is 2. The third kappa shape index (κ3) is 7.03. The zero-order valence-electron chi connectivity index (χ0n) is 15.5. The van der Waals surface area contributed by atoms with E-state index in [4.69, 9.17) is 9.47 Å². The third-order valence-corrected chi connectivity index (χ3v) is 5.18. The Morgan fingerprint density at radius 2 is 1.96 bits per heavy atom. The number of ether oxygens (including phenoxy) is 2. The number of methoxy groups -OCH3 is 1. The second kappa shape index (κ2) is 10.9. The maximum Gasteiger partial charge on any atom is 0.391 e. The maximum absolute atomic E-state index is 13.0. The molecule has 0 aromatic carbocycles. The average molecular weight is 493 g/mol. The van der Waals surface area contributed by atoms with Crippen LogP contribution in [0, 0.1) is 5.92 Å². The molecule has 1 aliphatic carbocycles. The summed E-state index contributed by atoms with van der Waals surface area (Å²) in [7, 11) is 1.68. The monoisotopic (exact) mass is 493 g/mol. The Bertz CT molecular complexity index is 443. The van der Waals surface area contributed by atoms with Gasteiger partial charge >= 0.3 is 6.18 Å². The molecule has 5 nitrogen and oxygen atoms in total. The van der Waals surface area contributed by atoms with Crippen molar-refractivity contribution >= 4 is 29.9 Å². The minimum Gasteiger partial charge on any atom is -0.381 e. The summed E-state index contributed by atoms with van der Waals surface area (Å²) in [5, 5.41) is 6.33. The fourth-order valence-electron chi connectivity index (χ4n) is 3.52. The lowest BCUT2D eigenvalue weighted by molar-refractivity contribution is -0.183. The summed E-state index contributed by atoms with van der Waals surface area (Å²) < 4.78 is 50.0. The number of rotatable bonds is 5. The Kier molecular flexibility index (Phi) is 9.95. The van der Waals surface area contributed by atoms with Crippen LogP contribution < -0.4 is 10.6 Å². The van der Waals surface area contributed by atoms with E-state index in [-0.39, 0.29) is 48.5 Å². The molecule has 154 valence electrons. The molecule has 26 heavy (non-hydrogen) atoms. The second-order valence-electron chi connectivity index (χ2n) is 6.94. The van der Waals surface area contributed by atoms with Gasteiger partial charge in [-0.05, 0) is 26.2 Å². The van der Waals surface area contributed by atoms with Gasteiger partial charge in [-0.1, -0.05) is 6.42 Å². The normalized spacial score (nSPS) is 26.7. The smallest absolute Gasteiger partial charge is 0.381 e. The lowest BCUT2D eigenvalue weighted by Gasteiger charge is -2.35. The van der Waals surface area contributed by atoms with Crippen LogP contribution in [0.15, 0.2) is 4.99 Å². The van der Waals surface area contributed by atoms with Gasteiger partial charge in [0.2, 0.25) is 0 Å². The van der Waals surface area contributed by atoms with Crippen molar-refractivity contribution < 1.29 is 22.6 Å². The molecule has 9 heteroatoms. The summed E-state index contributed by atoms with van der Waals surface area (Å²) in [5.74, 6) is -0.652. The molecule has 2 aliphatic rings. The number of nitrogens with one attached hydrogen (secondary N) is 2. The molecule has 1 heterocycles. The van der Waals surface area contributed by atoms with Crippen LogP contribution in [0.3, 0.4) is 0 Å². The first-order valence-electron chi connectivity index (χ1n) is 9.13. The molecule has 0 radical (unpaired) electrons. The molecule has 0 spiro atoms. The molecule has 2 fully saturated rings. The van der Waals surface area contributed by atoms with E-state index in [0.29, 0.717) is 38.7 Å². The highest BCUT2D eigenvalue weighted by Crippen LogP contribution is 2.37. The highest BCUT2D eigenvalue weighted by atomic mass is 127. The van der Waals surface area contributed by atoms with E-state index < -0.39 is 12.1 Å². The van der Waals surface area contributed by atoms with Crippen LogP contribution in [0.25, 0.3) is 0 Å². The van der Waals surface area contributed by atoms with Gasteiger partial charge in [0, 0.05) is 45.8 Å². The van der Waals surface area contributed by atoms with Crippen LogP contribution in [0.5, 0.6) is 0 Å². The summed E-state index contributed by atoms with van der Waals surface area (Å²) in [6.45, 7) is 4.35. The Morgan fingerprint density at radius 1 is 1.27 bits per heavy atom. The largest absolute Gasteiger partial charge is 0.391 e. The molecule has 2 atom stereocenters. The lowest BCUT2D eigenvalue weighted by Crippen LogP contribution is -2.48. The van der Waals surface area contributed by atoms with Crippen LogP contribution in [-0.2, 0) is 9.47 Å². The van der Waals surface area contributed by atoms with Crippen molar-refractivity contribution in [2.45, 2.75) is 63.3 Å². The van der Waals surface area contributed by atoms with Gasteiger partial charge in [-0.15, -0.1) is 24.0 Å². The summed E-state index contributed by atoms with van der Waals surface area (Å²) in [6.07, 6.45) is -0.920. The third-order valence-electron chi connectivity index (χ3n) is 5.18. The first-order valence-corrected chi connectivity index (χ1v) is 9.13. The number of hydrogen-bond acceptors (Lipinski definition) is 3. The average Bonchev–Trinajstić information content (AvgIpc) is 2.60. The molecule has 0 aromatic heterocycles.